The Morgan fingerprint density at radius 2 is 1.95 bits per heavy atom. The summed E-state index contributed by atoms with van der Waals surface area (Å²) >= 11 is 0. The van der Waals surface area contributed by atoms with Gasteiger partial charge in [-0.1, -0.05) is 12.1 Å². The average Bonchev–Trinajstić information content (AvgIpc) is 2.41. The number of nitriles is 1. The molecule has 0 aliphatic carbocycles. The van der Waals surface area contributed by atoms with Gasteiger partial charge in [0.1, 0.15) is 12.4 Å². The molecule has 0 aliphatic rings. The number of benzene rings is 1. The Bertz CT molecular complexity index is 421. The lowest BCUT2D eigenvalue weighted by Gasteiger charge is -2.33. The van der Waals surface area contributed by atoms with E-state index in [0.29, 0.717) is 13.0 Å². The molecule has 0 aliphatic heterocycles. The normalized spacial score (nSPS) is 11.4. The van der Waals surface area contributed by atoms with Crippen LogP contribution in [0.5, 0.6) is 5.75 Å². The standard InChI is InChI=1S/C15H22N2O2/c1-15(2,12-18)17(3)10-11-19-14-6-4-13(5-7-14)8-9-16/h4-7,18H,8,10-12H2,1-3H3. The van der Waals surface area contributed by atoms with Crippen molar-refractivity contribution in [1.82, 2.24) is 4.90 Å². The Hall–Kier alpha value is -1.57. The molecule has 4 nitrogen and oxygen atoms in total. The van der Waals surface area contributed by atoms with E-state index in [1.54, 1.807) is 0 Å². The number of hydrogen-bond acceptors (Lipinski definition) is 4. The number of likely N-dealkylation sites (N-methyl/N-ethyl adjacent to an activating group) is 1. The molecule has 104 valence electrons. The highest BCUT2D eigenvalue weighted by molar-refractivity contribution is 5.28. The summed E-state index contributed by atoms with van der Waals surface area (Å²) in [6, 6.07) is 9.68. The molecule has 1 aromatic rings. The van der Waals surface area contributed by atoms with Gasteiger partial charge in [-0.15, -0.1) is 0 Å². The molecule has 0 unspecified atom stereocenters. The van der Waals surface area contributed by atoms with Crippen molar-refractivity contribution in [2.45, 2.75) is 25.8 Å². The number of aliphatic hydroxyl groups is 1. The molecule has 0 spiro atoms. The van der Waals surface area contributed by atoms with Gasteiger partial charge in [-0.05, 0) is 38.6 Å². The fraction of sp³-hybridized carbons (Fsp3) is 0.533. The minimum atomic E-state index is -0.236. The topological polar surface area (TPSA) is 56.5 Å². The Labute approximate surface area is 115 Å². The van der Waals surface area contributed by atoms with E-state index < -0.39 is 0 Å². The zero-order chi connectivity index (χ0) is 14.3. The summed E-state index contributed by atoms with van der Waals surface area (Å²) in [5.74, 6) is 0.803. The number of rotatable bonds is 7. The van der Waals surface area contributed by atoms with Crippen LogP contribution in [0.2, 0.25) is 0 Å². The first-order valence-electron chi connectivity index (χ1n) is 6.40. The first-order chi connectivity index (χ1) is 8.99. The van der Waals surface area contributed by atoms with Gasteiger partial charge in [0.2, 0.25) is 0 Å². The molecule has 0 atom stereocenters. The minimum absolute atomic E-state index is 0.117. The van der Waals surface area contributed by atoms with Crippen LogP contribution in [0, 0.1) is 11.3 Å². The lowest BCUT2D eigenvalue weighted by Crippen LogP contribution is -2.45. The molecule has 0 bridgehead atoms. The van der Waals surface area contributed by atoms with Crippen LogP contribution < -0.4 is 4.74 Å². The van der Waals surface area contributed by atoms with Crippen LogP contribution in [0.25, 0.3) is 0 Å². The van der Waals surface area contributed by atoms with Crippen LogP contribution in [0.3, 0.4) is 0 Å². The van der Waals surface area contributed by atoms with Crippen molar-refractivity contribution in [2.75, 3.05) is 26.8 Å². The highest BCUT2D eigenvalue weighted by Crippen LogP contribution is 2.14. The molecule has 0 aromatic heterocycles. The first-order valence-corrected chi connectivity index (χ1v) is 6.40. The van der Waals surface area contributed by atoms with Crippen LogP contribution in [-0.2, 0) is 6.42 Å². The maximum absolute atomic E-state index is 9.25. The van der Waals surface area contributed by atoms with Crippen molar-refractivity contribution in [3.05, 3.63) is 29.8 Å². The fourth-order valence-electron chi connectivity index (χ4n) is 1.52. The number of aliphatic hydroxyl groups excluding tert-OH is 1. The Morgan fingerprint density at radius 1 is 1.32 bits per heavy atom. The minimum Gasteiger partial charge on any atom is -0.492 e. The van der Waals surface area contributed by atoms with Crippen LogP contribution in [0.15, 0.2) is 24.3 Å². The van der Waals surface area contributed by atoms with Gasteiger partial charge in [-0.3, -0.25) is 4.90 Å². The van der Waals surface area contributed by atoms with Crippen molar-refractivity contribution in [3.8, 4) is 11.8 Å². The molecule has 1 aromatic carbocycles. The van der Waals surface area contributed by atoms with E-state index in [1.165, 1.54) is 0 Å². The van der Waals surface area contributed by atoms with Crippen molar-refractivity contribution >= 4 is 0 Å². The largest absolute Gasteiger partial charge is 0.492 e. The summed E-state index contributed by atoms with van der Waals surface area (Å²) in [5, 5.41) is 17.8. The summed E-state index contributed by atoms with van der Waals surface area (Å²) in [5.41, 5.74) is 0.758. The molecule has 0 amide bonds. The van der Waals surface area contributed by atoms with Gasteiger partial charge in [0.05, 0.1) is 19.1 Å². The molecular weight excluding hydrogens is 240 g/mol. The summed E-state index contributed by atoms with van der Waals surface area (Å²) in [6.07, 6.45) is 0.424. The van der Waals surface area contributed by atoms with Gasteiger partial charge in [-0.25, -0.2) is 0 Å². The van der Waals surface area contributed by atoms with Crippen LogP contribution in [-0.4, -0.2) is 42.4 Å². The second kappa shape index (κ2) is 7.13. The number of nitrogens with zero attached hydrogens (tertiary/aromatic N) is 2. The van der Waals surface area contributed by atoms with Crippen LogP contribution in [0.1, 0.15) is 19.4 Å². The number of hydrogen-bond donors (Lipinski definition) is 1. The first kappa shape index (κ1) is 15.5. The monoisotopic (exact) mass is 262 g/mol. The van der Waals surface area contributed by atoms with Crippen molar-refractivity contribution in [2.24, 2.45) is 0 Å². The summed E-state index contributed by atoms with van der Waals surface area (Å²) < 4.78 is 5.64. The molecule has 0 saturated carbocycles. The quantitative estimate of drug-likeness (QED) is 0.814. The van der Waals surface area contributed by atoms with Gasteiger partial charge in [0.15, 0.2) is 0 Å². The van der Waals surface area contributed by atoms with Crippen molar-refractivity contribution in [3.63, 3.8) is 0 Å². The van der Waals surface area contributed by atoms with Crippen LogP contribution in [0.4, 0.5) is 0 Å². The lowest BCUT2D eigenvalue weighted by molar-refractivity contribution is 0.0679. The molecule has 1 N–H and O–H groups in total. The Balaban J connectivity index is 2.39. The van der Waals surface area contributed by atoms with Crippen LogP contribution >= 0.6 is 0 Å². The van der Waals surface area contributed by atoms with E-state index in [1.807, 2.05) is 45.2 Å². The van der Waals surface area contributed by atoms with E-state index >= 15 is 0 Å². The lowest BCUT2D eigenvalue weighted by atomic mass is 10.1. The average molecular weight is 262 g/mol. The molecule has 4 heteroatoms. The molecule has 0 fully saturated rings. The van der Waals surface area contributed by atoms with Gasteiger partial charge < -0.3 is 9.84 Å². The third kappa shape index (κ3) is 4.90. The van der Waals surface area contributed by atoms with Crippen molar-refractivity contribution < 1.29 is 9.84 Å². The predicted octanol–water partition coefficient (Wildman–Crippen LogP) is 1.83. The van der Waals surface area contributed by atoms with E-state index in [2.05, 4.69) is 11.0 Å². The number of ether oxygens (including phenoxy) is 1. The maximum Gasteiger partial charge on any atom is 0.119 e. The smallest absolute Gasteiger partial charge is 0.119 e. The molecule has 0 radical (unpaired) electrons. The fourth-order valence-corrected chi connectivity index (χ4v) is 1.52. The van der Waals surface area contributed by atoms with Crippen molar-refractivity contribution in [1.29, 1.82) is 5.26 Å². The van der Waals surface area contributed by atoms with Gasteiger partial charge in [0.25, 0.3) is 0 Å². The third-order valence-corrected chi connectivity index (χ3v) is 3.32. The molecule has 0 heterocycles. The SMILES string of the molecule is CN(CCOc1ccc(CC#N)cc1)C(C)(C)CO. The second-order valence-corrected chi connectivity index (χ2v) is 5.22. The van der Waals surface area contributed by atoms with E-state index in [0.717, 1.165) is 17.9 Å². The zero-order valence-corrected chi connectivity index (χ0v) is 11.9. The van der Waals surface area contributed by atoms with E-state index in [4.69, 9.17) is 10.00 Å². The second-order valence-electron chi connectivity index (χ2n) is 5.22. The van der Waals surface area contributed by atoms with Gasteiger partial charge >= 0.3 is 0 Å². The highest BCUT2D eigenvalue weighted by Gasteiger charge is 2.21. The summed E-state index contributed by atoms with van der Waals surface area (Å²) in [6.45, 7) is 5.41. The van der Waals surface area contributed by atoms with Gasteiger partial charge in [0, 0.05) is 12.1 Å². The Morgan fingerprint density at radius 3 is 2.47 bits per heavy atom. The molecule has 0 saturated heterocycles. The van der Waals surface area contributed by atoms with E-state index in [9.17, 15) is 5.11 Å². The molecule has 1 rings (SSSR count). The summed E-state index contributed by atoms with van der Waals surface area (Å²) in [4.78, 5) is 2.07. The molecular formula is C15H22N2O2. The Kier molecular flexibility index (Phi) is 5.81. The highest BCUT2D eigenvalue weighted by atomic mass is 16.5. The zero-order valence-electron chi connectivity index (χ0n) is 11.9. The third-order valence-electron chi connectivity index (χ3n) is 3.32. The molecule has 19 heavy (non-hydrogen) atoms. The van der Waals surface area contributed by atoms with Gasteiger partial charge in [-0.2, -0.15) is 5.26 Å². The predicted molar refractivity (Wildman–Crippen MR) is 75.0 cm³/mol. The summed E-state index contributed by atoms with van der Waals surface area (Å²) in [7, 11) is 1.97. The van der Waals surface area contributed by atoms with E-state index in [-0.39, 0.29) is 12.1 Å². The maximum atomic E-state index is 9.25.